The second-order valence-electron chi connectivity index (χ2n) is 3.57. The van der Waals surface area contributed by atoms with E-state index in [1.54, 1.807) is 18.1 Å². The third-order valence-electron chi connectivity index (χ3n) is 2.39. The van der Waals surface area contributed by atoms with E-state index in [0.717, 1.165) is 11.4 Å². The SMILES string of the molecule is COCC(NN)c1cnn(-c2ccccc2)n1. The molecule has 0 aliphatic carbocycles. The minimum Gasteiger partial charge on any atom is -0.383 e. The van der Waals surface area contributed by atoms with Gasteiger partial charge in [-0.3, -0.25) is 5.84 Å². The van der Waals surface area contributed by atoms with Gasteiger partial charge in [0.25, 0.3) is 0 Å². The van der Waals surface area contributed by atoms with Crippen LogP contribution in [0.15, 0.2) is 36.5 Å². The van der Waals surface area contributed by atoms with Crippen LogP contribution in [0, 0.1) is 0 Å². The molecule has 0 spiro atoms. The highest BCUT2D eigenvalue weighted by Gasteiger charge is 2.13. The lowest BCUT2D eigenvalue weighted by Crippen LogP contribution is -2.31. The van der Waals surface area contributed by atoms with Crippen LogP contribution in [0.1, 0.15) is 11.7 Å². The van der Waals surface area contributed by atoms with E-state index in [2.05, 4.69) is 15.6 Å². The first-order valence-electron chi connectivity index (χ1n) is 5.28. The first-order chi connectivity index (χ1) is 8.35. The fourth-order valence-electron chi connectivity index (χ4n) is 1.51. The summed E-state index contributed by atoms with van der Waals surface area (Å²) in [6.45, 7) is 0.448. The maximum atomic E-state index is 5.43. The average Bonchev–Trinajstić information content (AvgIpc) is 2.86. The first-order valence-corrected chi connectivity index (χ1v) is 5.28. The van der Waals surface area contributed by atoms with Gasteiger partial charge >= 0.3 is 0 Å². The topological polar surface area (TPSA) is 78.0 Å². The summed E-state index contributed by atoms with van der Waals surface area (Å²) in [6.07, 6.45) is 1.68. The Bertz CT molecular complexity index is 456. The Labute approximate surface area is 99.4 Å². The van der Waals surface area contributed by atoms with E-state index in [1.807, 2.05) is 30.3 Å². The molecule has 1 aromatic carbocycles. The molecule has 1 heterocycles. The van der Waals surface area contributed by atoms with Gasteiger partial charge in [0.15, 0.2) is 0 Å². The van der Waals surface area contributed by atoms with Gasteiger partial charge in [0.05, 0.1) is 24.5 Å². The van der Waals surface area contributed by atoms with Crippen molar-refractivity contribution in [3.63, 3.8) is 0 Å². The molecule has 3 N–H and O–H groups in total. The number of hydrogen-bond donors (Lipinski definition) is 2. The van der Waals surface area contributed by atoms with Crippen molar-refractivity contribution < 1.29 is 4.74 Å². The largest absolute Gasteiger partial charge is 0.383 e. The number of benzene rings is 1. The predicted octanol–water partition coefficient (Wildman–Crippen LogP) is 0.418. The van der Waals surface area contributed by atoms with Crippen LogP contribution in [0.25, 0.3) is 5.69 Å². The molecule has 1 unspecified atom stereocenters. The fraction of sp³-hybridized carbons (Fsp3) is 0.273. The molecule has 90 valence electrons. The van der Waals surface area contributed by atoms with Crippen molar-refractivity contribution in [3.8, 4) is 5.69 Å². The molecule has 0 saturated carbocycles. The molecule has 0 aliphatic heterocycles. The van der Waals surface area contributed by atoms with Crippen LogP contribution in [0.4, 0.5) is 0 Å². The standard InChI is InChI=1S/C11H15N5O/c1-17-8-11(14-12)10-7-13-16(15-10)9-5-3-2-4-6-9/h2-7,11,14H,8,12H2,1H3. The minimum atomic E-state index is -0.155. The molecule has 0 amide bonds. The summed E-state index contributed by atoms with van der Waals surface area (Å²) < 4.78 is 5.04. The molecule has 6 nitrogen and oxygen atoms in total. The Balaban J connectivity index is 2.21. The smallest absolute Gasteiger partial charge is 0.104 e. The van der Waals surface area contributed by atoms with Gasteiger partial charge in [-0.25, -0.2) is 5.43 Å². The summed E-state index contributed by atoms with van der Waals surface area (Å²) in [5, 5.41) is 8.55. The summed E-state index contributed by atoms with van der Waals surface area (Å²) >= 11 is 0. The number of para-hydroxylation sites is 1. The molecule has 0 fully saturated rings. The summed E-state index contributed by atoms with van der Waals surface area (Å²) in [4.78, 5) is 1.56. The molecule has 2 rings (SSSR count). The minimum absolute atomic E-state index is 0.155. The Morgan fingerprint density at radius 3 is 2.82 bits per heavy atom. The quantitative estimate of drug-likeness (QED) is 0.578. The Morgan fingerprint density at radius 2 is 2.18 bits per heavy atom. The van der Waals surface area contributed by atoms with E-state index in [0.29, 0.717) is 6.61 Å². The zero-order valence-electron chi connectivity index (χ0n) is 9.58. The van der Waals surface area contributed by atoms with Crippen LogP contribution in [-0.2, 0) is 4.74 Å². The van der Waals surface area contributed by atoms with Crippen molar-refractivity contribution in [1.82, 2.24) is 20.4 Å². The number of nitrogens with zero attached hydrogens (tertiary/aromatic N) is 3. The van der Waals surface area contributed by atoms with Crippen LogP contribution in [0.3, 0.4) is 0 Å². The Morgan fingerprint density at radius 1 is 1.41 bits per heavy atom. The number of aromatic nitrogens is 3. The normalized spacial score (nSPS) is 12.6. The van der Waals surface area contributed by atoms with Crippen LogP contribution in [0.2, 0.25) is 0 Å². The van der Waals surface area contributed by atoms with Crippen molar-refractivity contribution in [2.75, 3.05) is 13.7 Å². The Hall–Kier alpha value is -1.76. The van der Waals surface area contributed by atoms with Crippen molar-refractivity contribution in [3.05, 3.63) is 42.2 Å². The molecular weight excluding hydrogens is 218 g/mol. The van der Waals surface area contributed by atoms with Crippen LogP contribution in [0.5, 0.6) is 0 Å². The van der Waals surface area contributed by atoms with E-state index < -0.39 is 0 Å². The van der Waals surface area contributed by atoms with Gasteiger partial charge in [-0.05, 0) is 12.1 Å². The molecule has 2 aromatic rings. The summed E-state index contributed by atoms with van der Waals surface area (Å²) in [5.41, 5.74) is 4.30. The van der Waals surface area contributed by atoms with Gasteiger partial charge in [-0.2, -0.15) is 15.0 Å². The summed E-state index contributed by atoms with van der Waals surface area (Å²) in [5.74, 6) is 5.43. The van der Waals surface area contributed by atoms with Gasteiger partial charge in [-0.15, -0.1) is 0 Å². The molecule has 17 heavy (non-hydrogen) atoms. The second kappa shape index (κ2) is 5.53. The predicted molar refractivity (Wildman–Crippen MR) is 63.3 cm³/mol. The highest BCUT2D eigenvalue weighted by Crippen LogP contribution is 2.10. The number of nitrogens with two attached hydrogens (primary N) is 1. The number of nitrogens with one attached hydrogen (secondary N) is 1. The van der Waals surface area contributed by atoms with E-state index in [4.69, 9.17) is 10.6 Å². The van der Waals surface area contributed by atoms with Crippen molar-refractivity contribution in [2.24, 2.45) is 5.84 Å². The average molecular weight is 233 g/mol. The van der Waals surface area contributed by atoms with Gasteiger partial charge in [-0.1, -0.05) is 18.2 Å². The van der Waals surface area contributed by atoms with Crippen LogP contribution >= 0.6 is 0 Å². The summed E-state index contributed by atoms with van der Waals surface area (Å²) in [6, 6.07) is 9.54. The van der Waals surface area contributed by atoms with Crippen LogP contribution in [-0.4, -0.2) is 28.7 Å². The van der Waals surface area contributed by atoms with Crippen molar-refractivity contribution >= 4 is 0 Å². The molecule has 0 bridgehead atoms. The number of rotatable bonds is 5. The van der Waals surface area contributed by atoms with E-state index in [-0.39, 0.29) is 6.04 Å². The number of methoxy groups -OCH3 is 1. The lowest BCUT2D eigenvalue weighted by molar-refractivity contribution is 0.165. The van der Waals surface area contributed by atoms with Crippen molar-refractivity contribution in [1.29, 1.82) is 0 Å². The zero-order valence-corrected chi connectivity index (χ0v) is 9.58. The fourth-order valence-corrected chi connectivity index (χ4v) is 1.51. The third-order valence-corrected chi connectivity index (χ3v) is 2.39. The highest BCUT2D eigenvalue weighted by molar-refractivity contribution is 5.28. The second-order valence-corrected chi connectivity index (χ2v) is 3.57. The number of hydrogen-bond acceptors (Lipinski definition) is 5. The number of hydrazine groups is 1. The molecule has 6 heteroatoms. The third kappa shape index (κ3) is 2.68. The lowest BCUT2D eigenvalue weighted by atomic mass is 10.2. The lowest BCUT2D eigenvalue weighted by Gasteiger charge is -2.10. The maximum absolute atomic E-state index is 5.43. The van der Waals surface area contributed by atoms with Gasteiger partial charge in [0.1, 0.15) is 5.69 Å². The summed E-state index contributed by atoms with van der Waals surface area (Å²) in [7, 11) is 1.62. The molecule has 1 atom stereocenters. The van der Waals surface area contributed by atoms with Crippen LogP contribution < -0.4 is 11.3 Å². The van der Waals surface area contributed by atoms with E-state index in [9.17, 15) is 0 Å². The zero-order chi connectivity index (χ0) is 12.1. The first kappa shape index (κ1) is 11.7. The van der Waals surface area contributed by atoms with Crippen molar-refractivity contribution in [2.45, 2.75) is 6.04 Å². The molecule has 1 aromatic heterocycles. The Kier molecular flexibility index (Phi) is 3.81. The maximum Gasteiger partial charge on any atom is 0.104 e. The molecule has 0 radical (unpaired) electrons. The van der Waals surface area contributed by atoms with Gasteiger partial charge in [0.2, 0.25) is 0 Å². The monoisotopic (exact) mass is 233 g/mol. The molecule has 0 aliphatic rings. The molecule has 0 saturated heterocycles. The van der Waals surface area contributed by atoms with E-state index in [1.165, 1.54) is 0 Å². The molecular formula is C11H15N5O. The van der Waals surface area contributed by atoms with Gasteiger partial charge in [0, 0.05) is 7.11 Å². The highest BCUT2D eigenvalue weighted by atomic mass is 16.5. The van der Waals surface area contributed by atoms with E-state index >= 15 is 0 Å². The number of ether oxygens (including phenoxy) is 1. The van der Waals surface area contributed by atoms with Gasteiger partial charge < -0.3 is 4.74 Å².